The third-order valence-corrected chi connectivity index (χ3v) is 5.17. The number of sulfonamides is 1. The molecule has 8 nitrogen and oxygen atoms in total. The van der Waals surface area contributed by atoms with E-state index in [1.54, 1.807) is 13.0 Å². The van der Waals surface area contributed by atoms with Crippen LogP contribution in [0.25, 0.3) is 0 Å². The van der Waals surface area contributed by atoms with Crippen LogP contribution in [0.15, 0.2) is 18.2 Å². The Labute approximate surface area is 146 Å². The van der Waals surface area contributed by atoms with Crippen LogP contribution in [-0.4, -0.2) is 57.6 Å². The number of hydrogen-bond donors (Lipinski definition) is 3. The van der Waals surface area contributed by atoms with Gasteiger partial charge in [0.15, 0.2) is 0 Å². The van der Waals surface area contributed by atoms with Gasteiger partial charge in [0.05, 0.1) is 16.3 Å². The van der Waals surface area contributed by atoms with Gasteiger partial charge in [-0.15, -0.1) is 0 Å². The van der Waals surface area contributed by atoms with Gasteiger partial charge >= 0.3 is 6.03 Å². The fourth-order valence-electron chi connectivity index (χ4n) is 1.68. The molecule has 0 aliphatic rings. The van der Waals surface area contributed by atoms with Crippen molar-refractivity contribution < 1.29 is 18.0 Å². The summed E-state index contributed by atoms with van der Waals surface area (Å²) in [6, 6.07) is 3.91. The number of hydrogen-bond acceptors (Lipinski definition) is 4. The van der Waals surface area contributed by atoms with Crippen molar-refractivity contribution in [3.63, 3.8) is 0 Å². The van der Waals surface area contributed by atoms with E-state index >= 15 is 0 Å². The molecule has 0 atom stereocenters. The number of anilines is 1. The molecule has 1 aromatic rings. The molecule has 3 N–H and O–H groups in total. The molecule has 0 fully saturated rings. The standard InChI is InChI=1S/C14H21ClN4O4S/c1-4-16-13(20)11-9-10(5-6-12(11)15)18-14(21)17-7-8-24(22,23)19(2)3/h5-6,9H,4,7-8H2,1-3H3,(H,16,20)(H2,17,18,21). The van der Waals surface area contributed by atoms with Crippen LogP contribution in [-0.2, 0) is 10.0 Å². The van der Waals surface area contributed by atoms with E-state index < -0.39 is 16.1 Å². The van der Waals surface area contributed by atoms with Crippen molar-refractivity contribution in [1.29, 1.82) is 0 Å². The molecule has 0 heterocycles. The SMILES string of the molecule is CCNC(=O)c1cc(NC(=O)NCCS(=O)(=O)N(C)C)ccc1Cl. The number of benzene rings is 1. The van der Waals surface area contributed by atoms with E-state index in [0.29, 0.717) is 12.2 Å². The van der Waals surface area contributed by atoms with Gasteiger partial charge in [-0.3, -0.25) is 4.79 Å². The van der Waals surface area contributed by atoms with E-state index in [-0.39, 0.29) is 28.8 Å². The molecule has 134 valence electrons. The minimum absolute atomic E-state index is 0.0386. The lowest BCUT2D eigenvalue weighted by atomic mass is 10.2. The molecule has 0 saturated heterocycles. The first-order valence-corrected chi connectivity index (χ1v) is 9.19. The third-order valence-electron chi connectivity index (χ3n) is 3.01. The molecule has 0 unspecified atom stereocenters. The Kier molecular flexibility index (Phi) is 7.46. The molecule has 1 rings (SSSR count). The van der Waals surface area contributed by atoms with Crippen LogP contribution in [0.2, 0.25) is 5.02 Å². The predicted molar refractivity (Wildman–Crippen MR) is 94.0 cm³/mol. The van der Waals surface area contributed by atoms with Crippen molar-refractivity contribution in [2.45, 2.75) is 6.92 Å². The molecule has 0 aliphatic carbocycles. The Morgan fingerprint density at radius 2 is 1.88 bits per heavy atom. The quantitative estimate of drug-likeness (QED) is 0.662. The van der Waals surface area contributed by atoms with Gasteiger partial charge in [-0.05, 0) is 25.1 Å². The van der Waals surface area contributed by atoms with Gasteiger partial charge in [-0.25, -0.2) is 17.5 Å². The summed E-state index contributed by atoms with van der Waals surface area (Å²) in [5.41, 5.74) is 0.611. The maximum Gasteiger partial charge on any atom is 0.319 e. The van der Waals surface area contributed by atoms with Crippen LogP contribution < -0.4 is 16.0 Å². The fraction of sp³-hybridized carbons (Fsp3) is 0.429. The van der Waals surface area contributed by atoms with E-state index in [2.05, 4.69) is 16.0 Å². The monoisotopic (exact) mass is 376 g/mol. The molecular formula is C14H21ClN4O4S. The Bertz CT molecular complexity index is 707. The van der Waals surface area contributed by atoms with Crippen molar-refractivity contribution in [3.8, 4) is 0 Å². The third kappa shape index (κ3) is 5.99. The molecule has 0 bridgehead atoms. The van der Waals surface area contributed by atoms with E-state index in [1.807, 2.05) is 0 Å². The first-order chi connectivity index (χ1) is 11.2. The lowest BCUT2D eigenvalue weighted by Gasteiger charge is -2.12. The largest absolute Gasteiger partial charge is 0.352 e. The van der Waals surface area contributed by atoms with Crippen molar-refractivity contribution in [1.82, 2.24) is 14.9 Å². The molecule has 0 spiro atoms. The molecule has 10 heteroatoms. The first kappa shape index (κ1) is 20.2. The summed E-state index contributed by atoms with van der Waals surface area (Å²) >= 11 is 5.97. The van der Waals surface area contributed by atoms with Crippen molar-refractivity contribution >= 4 is 39.2 Å². The van der Waals surface area contributed by atoms with E-state index in [9.17, 15) is 18.0 Å². The second-order valence-electron chi connectivity index (χ2n) is 5.03. The lowest BCUT2D eigenvalue weighted by Crippen LogP contribution is -2.36. The molecule has 0 aliphatic heterocycles. The average molecular weight is 377 g/mol. The minimum Gasteiger partial charge on any atom is -0.352 e. The van der Waals surface area contributed by atoms with Crippen LogP contribution in [0.1, 0.15) is 17.3 Å². The smallest absolute Gasteiger partial charge is 0.319 e. The fourth-order valence-corrected chi connectivity index (χ4v) is 2.61. The molecular weight excluding hydrogens is 356 g/mol. The summed E-state index contributed by atoms with van der Waals surface area (Å²) in [6.07, 6.45) is 0. The van der Waals surface area contributed by atoms with Crippen LogP contribution >= 0.6 is 11.6 Å². The Hall–Kier alpha value is -1.84. The van der Waals surface area contributed by atoms with Crippen LogP contribution in [0.3, 0.4) is 0 Å². The van der Waals surface area contributed by atoms with Gasteiger partial charge in [-0.1, -0.05) is 11.6 Å². The molecule has 24 heavy (non-hydrogen) atoms. The normalized spacial score (nSPS) is 11.2. The number of carbonyl (C=O) groups is 2. The van der Waals surface area contributed by atoms with E-state index in [0.717, 1.165) is 4.31 Å². The van der Waals surface area contributed by atoms with Gasteiger partial charge in [0.25, 0.3) is 5.91 Å². The number of halogens is 1. The number of urea groups is 1. The highest BCUT2D eigenvalue weighted by Gasteiger charge is 2.14. The molecule has 0 aromatic heterocycles. The highest BCUT2D eigenvalue weighted by molar-refractivity contribution is 7.89. The zero-order valence-electron chi connectivity index (χ0n) is 13.7. The molecule has 3 amide bonds. The second kappa shape index (κ2) is 8.86. The molecule has 0 saturated carbocycles. The van der Waals surface area contributed by atoms with Gasteiger partial charge in [0, 0.05) is 32.9 Å². The summed E-state index contributed by atoms with van der Waals surface area (Å²) < 4.78 is 24.3. The zero-order chi connectivity index (χ0) is 18.3. The summed E-state index contributed by atoms with van der Waals surface area (Å²) in [5.74, 6) is -0.554. The minimum atomic E-state index is -3.38. The van der Waals surface area contributed by atoms with Crippen molar-refractivity contribution in [2.75, 3.05) is 38.3 Å². The molecule has 0 radical (unpaired) electrons. The Morgan fingerprint density at radius 3 is 2.46 bits per heavy atom. The summed E-state index contributed by atoms with van der Waals surface area (Å²) in [4.78, 5) is 23.7. The zero-order valence-corrected chi connectivity index (χ0v) is 15.3. The topological polar surface area (TPSA) is 108 Å². The number of amides is 3. The van der Waals surface area contributed by atoms with Gasteiger partial charge in [0.2, 0.25) is 10.0 Å². The van der Waals surface area contributed by atoms with Crippen molar-refractivity contribution in [3.05, 3.63) is 28.8 Å². The van der Waals surface area contributed by atoms with Gasteiger partial charge in [0.1, 0.15) is 0 Å². The van der Waals surface area contributed by atoms with E-state index in [1.165, 1.54) is 26.2 Å². The predicted octanol–water partition coefficient (Wildman–Crippen LogP) is 1.10. The first-order valence-electron chi connectivity index (χ1n) is 7.20. The van der Waals surface area contributed by atoms with Crippen LogP contribution in [0.5, 0.6) is 0 Å². The Balaban J connectivity index is 2.65. The Morgan fingerprint density at radius 1 is 1.21 bits per heavy atom. The summed E-state index contributed by atoms with van der Waals surface area (Å²) in [6.45, 7) is 2.19. The van der Waals surface area contributed by atoms with Crippen LogP contribution in [0, 0.1) is 0 Å². The maximum atomic E-state index is 11.9. The number of carbonyl (C=O) groups excluding carboxylic acids is 2. The lowest BCUT2D eigenvalue weighted by molar-refractivity contribution is 0.0956. The highest BCUT2D eigenvalue weighted by atomic mass is 35.5. The summed E-state index contributed by atoms with van der Waals surface area (Å²) in [7, 11) is -0.531. The number of nitrogens with one attached hydrogen (secondary N) is 3. The van der Waals surface area contributed by atoms with Crippen molar-refractivity contribution in [2.24, 2.45) is 0 Å². The second-order valence-corrected chi connectivity index (χ2v) is 7.74. The average Bonchev–Trinajstić information content (AvgIpc) is 2.49. The summed E-state index contributed by atoms with van der Waals surface area (Å²) in [5, 5.41) is 7.86. The van der Waals surface area contributed by atoms with E-state index in [4.69, 9.17) is 11.6 Å². The maximum absolute atomic E-state index is 11.9. The number of nitrogens with zero attached hydrogens (tertiary/aromatic N) is 1. The number of rotatable bonds is 7. The molecule has 1 aromatic carbocycles. The van der Waals surface area contributed by atoms with Gasteiger partial charge < -0.3 is 16.0 Å². The van der Waals surface area contributed by atoms with Gasteiger partial charge in [-0.2, -0.15) is 0 Å². The highest BCUT2D eigenvalue weighted by Crippen LogP contribution is 2.20. The van der Waals surface area contributed by atoms with Crippen LogP contribution in [0.4, 0.5) is 10.5 Å².